The zero-order chi connectivity index (χ0) is 18.0. The first-order valence-electron chi connectivity index (χ1n) is 8.36. The van der Waals surface area contributed by atoms with Crippen LogP contribution in [0.4, 0.5) is 0 Å². The number of carbonyl (C=O) groups is 1. The van der Waals surface area contributed by atoms with Crippen molar-refractivity contribution in [3.05, 3.63) is 56.7 Å². The third-order valence-corrected chi connectivity index (χ3v) is 5.16. The molecule has 3 rings (SSSR count). The summed E-state index contributed by atoms with van der Waals surface area (Å²) >= 11 is 2.30. The van der Waals surface area contributed by atoms with Crippen LogP contribution in [0.15, 0.2) is 36.4 Å². The Balaban J connectivity index is 2.28. The molecule has 5 heteroatoms. The van der Waals surface area contributed by atoms with Crippen LogP contribution in [-0.4, -0.2) is 22.6 Å². The molecule has 0 saturated heterocycles. The fourth-order valence-corrected chi connectivity index (χ4v) is 3.81. The highest BCUT2D eigenvalue weighted by Gasteiger charge is 2.20. The highest BCUT2D eigenvalue weighted by Crippen LogP contribution is 2.35. The maximum absolute atomic E-state index is 11.8. The minimum atomic E-state index is -0.890. The highest BCUT2D eigenvalue weighted by atomic mass is 127. The molecular formula is C20H21IN2O2. The van der Waals surface area contributed by atoms with Gasteiger partial charge >= 0.3 is 5.97 Å². The van der Waals surface area contributed by atoms with Crippen LogP contribution in [0.25, 0.3) is 22.2 Å². The van der Waals surface area contributed by atoms with Gasteiger partial charge in [-0.2, -0.15) is 0 Å². The van der Waals surface area contributed by atoms with Crippen LogP contribution in [0.1, 0.15) is 34.3 Å². The number of hydrogen-bond acceptors (Lipinski definition) is 2. The number of carboxylic acids is 1. The molecule has 4 N–H and O–H groups in total. The molecule has 0 bridgehead atoms. The lowest BCUT2D eigenvalue weighted by molar-refractivity contribution is 0.0699. The van der Waals surface area contributed by atoms with Crippen LogP contribution < -0.4 is 5.73 Å². The molecule has 0 fully saturated rings. The summed E-state index contributed by atoms with van der Waals surface area (Å²) in [5.41, 5.74) is 11.1. The van der Waals surface area contributed by atoms with Crippen molar-refractivity contribution >= 4 is 39.5 Å². The number of H-pyrrole nitrogens is 1. The number of nitrogens with two attached hydrogens (primary N) is 1. The lowest BCUT2D eigenvalue weighted by atomic mass is 9.96. The second-order valence-electron chi connectivity index (χ2n) is 6.22. The molecule has 25 heavy (non-hydrogen) atoms. The summed E-state index contributed by atoms with van der Waals surface area (Å²) in [6.45, 7) is 2.65. The van der Waals surface area contributed by atoms with E-state index >= 15 is 0 Å². The van der Waals surface area contributed by atoms with Gasteiger partial charge in [-0.15, -0.1) is 0 Å². The zero-order valence-electron chi connectivity index (χ0n) is 14.1. The second-order valence-corrected chi connectivity index (χ2v) is 7.47. The van der Waals surface area contributed by atoms with E-state index in [0.717, 1.165) is 56.1 Å². The van der Waals surface area contributed by atoms with Crippen LogP contribution in [0, 0.1) is 10.5 Å². The Bertz CT molecular complexity index is 931. The minimum Gasteiger partial charge on any atom is -0.478 e. The molecule has 3 aromatic rings. The number of carboxylic acid groups (broad SMARTS) is 1. The summed E-state index contributed by atoms with van der Waals surface area (Å²) in [5, 5.41) is 10.5. The van der Waals surface area contributed by atoms with Gasteiger partial charge in [0, 0.05) is 20.2 Å². The summed E-state index contributed by atoms with van der Waals surface area (Å²) in [4.78, 5) is 15.3. The number of benzene rings is 2. The Labute approximate surface area is 160 Å². The average Bonchev–Trinajstić information content (AvgIpc) is 2.96. The van der Waals surface area contributed by atoms with Gasteiger partial charge in [-0.3, -0.25) is 0 Å². The highest BCUT2D eigenvalue weighted by molar-refractivity contribution is 14.1. The van der Waals surface area contributed by atoms with Gasteiger partial charge in [-0.25, -0.2) is 4.79 Å². The fourth-order valence-electron chi connectivity index (χ4n) is 3.27. The van der Waals surface area contributed by atoms with Crippen molar-refractivity contribution in [3.8, 4) is 11.3 Å². The molecule has 1 aromatic heterocycles. The third kappa shape index (κ3) is 3.57. The SMILES string of the molecule is Cc1ccc(C(=O)O)c2c(CCCCN)c(-c3cccc(I)c3)[nH]c12. The predicted octanol–water partition coefficient (Wildman–Crippen LogP) is 4.73. The van der Waals surface area contributed by atoms with Gasteiger partial charge in [-0.05, 0) is 90.2 Å². The summed E-state index contributed by atoms with van der Waals surface area (Å²) in [7, 11) is 0. The number of hydrogen-bond donors (Lipinski definition) is 3. The van der Waals surface area contributed by atoms with E-state index in [-0.39, 0.29) is 0 Å². The Morgan fingerprint density at radius 3 is 2.72 bits per heavy atom. The number of unbranched alkanes of at least 4 members (excludes halogenated alkanes) is 1. The summed E-state index contributed by atoms with van der Waals surface area (Å²) in [6.07, 6.45) is 2.67. The van der Waals surface area contributed by atoms with E-state index in [0.29, 0.717) is 12.1 Å². The van der Waals surface area contributed by atoms with Crippen LogP contribution in [0.3, 0.4) is 0 Å². The molecule has 0 aliphatic heterocycles. The molecule has 1 heterocycles. The largest absolute Gasteiger partial charge is 0.478 e. The Morgan fingerprint density at radius 2 is 2.04 bits per heavy atom. The van der Waals surface area contributed by atoms with Crippen molar-refractivity contribution < 1.29 is 9.90 Å². The first-order valence-corrected chi connectivity index (χ1v) is 9.44. The van der Waals surface area contributed by atoms with Gasteiger partial charge in [0.15, 0.2) is 0 Å². The summed E-state index contributed by atoms with van der Waals surface area (Å²) in [6, 6.07) is 11.8. The van der Waals surface area contributed by atoms with Gasteiger partial charge in [0.25, 0.3) is 0 Å². The molecule has 130 valence electrons. The van der Waals surface area contributed by atoms with Crippen molar-refractivity contribution in [1.82, 2.24) is 4.98 Å². The number of halogens is 1. The van der Waals surface area contributed by atoms with Crippen molar-refractivity contribution in [2.75, 3.05) is 6.54 Å². The van der Waals surface area contributed by atoms with Crippen molar-refractivity contribution in [3.63, 3.8) is 0 Å². The van der Waals surface area contributed by atoms with E-state index in [2.05, 4.69) is 45.8 Å². The topological polar surface area (TPSA) is 79.1 Å². The van der Waals surface area contributed by atoms with E-state index < -0.39 is 5.97 Å². The monoisotopic (exact) mass is 448 g/mol. The number of aromatic nitrogens is 1. The Hall–Kier alpha value is -1.86. The second kappa shape index (κ2) is 7.58. The van der Waals surface area contributed by atoms with Crippen molar-refractivity contribution in [2.45, 2.75) is 26.2 Å². The van der Waals surface area contributed by atoms with E-state index in [1.165, 1.54) is 0 Å². The molecular weight excluding hydrogens is 427 g/mol. The number of fused-ring (bicyclic) bond motifs is 1. The molecule has 0 aliphatic carbocycles. The average molecular weight is 448 g/mol. The van der Waals surface area contributed by atoms with Crippen LogP contribution in [0.2, 0.25) is 0 Å². The molecule has 4 nitrogen and oxygen atoms in total. The minimum absolute atomic E-state index is 0.358. The lowest BCUT2D eigenvalue weighted by Gasteiger charge is -2.07. The van der Waals surface area contributed by atoms with Crippen molar-refractivity contribution in [2.24, 2.45) is 5.73 Å². The van der Waals surface area contributed by atoms with E-state index in [1.54, 1.807) is 6.07 Å². The van der Waals surface area contributed by atoms with Gasteiger partial charge in [-0.1, -0.05) is 18.2 Å². The van der Waals surface area contributed by atoms with E-state index in [9.17, 15) is 9.90 Å². The molecule has 0 aliphatic rings. The number of aromatic amines is 1. The molecule has 0 amide bonds. The summed E-state index contributed by atoms with van der Waals surface area (Å²) in [5.74, 6) is -0.890. The smallest absolute Gasteiger partial charge is 0.336 e. The van der Waals surface area contributed by atoms with Gasteiger partial charge in [0.2, 0.25) is 0 Å². The van der Waals surface area contributed by atoms with Gasteiger partial charge in [0.05, 0.1) is 5.56 Å². The molecule has 0 radical (unpaired) electrons. The molecule has 0 atom stereocenters. The van der Waals surface area contributed by atoms with Crippen molar-refractivity contribution in [1.29, 1.82) is 0 Å². The zero-order valence-corrected chi connectivity index (χ0v) is 16.3. The molecule has 0 unspecified atom stereocenters. The van der Waals surface area contributed by atoms with Gasteiger partial charge in [0.1, 0.15) is 0 Å². The Morgan fingerprint density at radius 1 is 1.24 bits per heavy atom. The quantitative estimate of drug-likeness (QED) is 0.377. The van der Waals surface area contributed by atoms with Crippen LogP contribution >= 0.6 is 22.6 Å². The molecule has 2 aromatic carbocycles. The predicted molar refractivity (Wildman–Crippen MR) is 110 cm³/mol. The Kier molecular flexibility index (Phi) is 5.44. The standard InChI is InChI=1S/C20H21IN2O2/c1-12-8-9-16(20(24)25)17-15(7-2-3-10-22)19(23-18(12)17)13-5-4-6-14(21)11-13/h4-6,8-9,11,23H,2-3,7,10,22H2,1H3,(H,24,25). The van der Waals surface area contributed by atoms with E-state index in [4.69, 9.17) is 5.73 Å². The first-order chi connectivity index (χ1) is 12.0. The lowest BCUT2D eigenvalue weighted by Crippen LogP contribution is -2.01. The third-order valence-electron chi connectivity index (χ3n) is 4.49. The van der Waals surface area contributed by atoms with E-state index in [1.807, 2.05) is 19.1 Å². The fraction of sp³-hybridized carbons (Fsp3) is 0.250. The normalized spacial score (nSPS) is 11.2. The summed E-state index contributed by atoms with van der Waals surface area (Å²) < 4.78 is 1.15. The number of nitrogens with one attached hydrogen (secondary N) is 1. The van der Waals surface area contributed by atoms with Crippen LogP contribution in [0.5, 0.6) is 0 Å². The molecule has 0 spiro atoms. The first kappa shape index (κ1) is 17.9. The number of rotatable bonds is 6. The van der Waals surface area contributed by atoms with Gasteiger partial charge < -0.3 is 15.8 Å². The maximum atomic E-state index is 11.8. The van der Waals surface area contributed by atoms with Crippen LogP contribution in [-0.2, 0) is 6.42 Å². The number of aromatic carboxylic acids is 1. The maximum Gasteiger partial charge on any atom is 0.336 e. The molecule has 0 saturated carbocycles. The number of aryl methyl sites for hydroxylation is 2.